The number of aliphatic hydroxyl groups is 4. The van der Waals surface area contributed by atoms with Crippen LogP contribution < -0.4 is 0 Å². The summed E-state index contributed by atoms with van der Waals surface area (Å²) < 4.78 is 0. The van der Waals surface area contributed by atoms with E-state index in [0.717, 1.165) is 33.4 Å². The highest BCUT2D eigenvalue weighted by molar-refractivity contribution is 5.40. The Morgan fingerprint density at radius 2 is 0.714 bits per heavy atom. The maximum Gasteiger partial charge on any atom is 0.105 e. The van der Waals surface area contributed by atoms with Crippen LogP contribution in [-0.2, 0) is 0 Å². The molecule has 0 amide bonds. The van der Waals surface area contributed by atoms with Crippen LogP contribution in [0.25, 0.3) is 0 Å². The van der Waals surface area contributed by atoms with Gasteiger partial charge in [-0.2, -0.15) is 0 Å². The first-order chi connectivity index (χ1) is 12.9. The molecule has 0 fully saturated rings. The Hall–Kier alpha value is -1.72. The molecule has 4 nitrogen and oxygen atoms in total. The highest BCUT2D eigenvalue weighted by Gasteiger charge is 2.19. The molecule has 0 aliphatic carbocycles. The van der Waals surface area contributed by atoms with Crippen LogP contribution in [0.15, 0.2) is 24.3 Å². The third kappa shape index (κ3) is 6.14. The molecule has 28 heavy (non-hydrogen) atoms. The molecular formula is C24H36O4. The van der Waals surface area contributed by atoms with Crippen molar-refractivity contribution in [2.24, 2.45) is 0 Å². The van der Waals surface area contributed by atoms with Crippen LogP contribution >= 0.6 is 0 Å². The number of benzene rings is 2. The molecule has 0 aliphatic rings. The molecule has 0 aliphatic heterocycles. The van der Waals surface area contributed by atoms with Crippen molar-refractivity contribution >= 4 is 0 Å². The SMILES string of the molecule is Cc1cc(C)c([C@@H](O)[C@@H](C)O)c(C)c1.Cc1cc(C)c([C@H](O)[C@H](C)O)c(C)c1. The van der Waals surface area contributed by atoms with E-state index in [0.29, 0.717) is 0 Å². The molecule has 4 heteroatoms. The minimum Gasteiger partial charge on any atom is -0.390 e. The van der Waals surface area contributed by atoms with Gasteiger partial charge in [-0.3, -0.25) is 0 Å². The van der Waals surface area contributed by atoms with Gasteiger partial charge in [-0.25, -0.2) is 0 Å². The summed E-state index contributed by atoms with van der Waals surface area (Å²) >= 11 is 0. The minimum absolute atomic E-state index is 0.727. The average Bonchev–Trinajstić information content (AvgIpc) is 2.53. The summed E-state index contributed by atoms with van der Waals surface area (Å²) in [5.74, 6) is 0. The fourth-order valence-corrected chi connectivity index (χ4v) is 3.80. The second kappa shape index (κ2) is 10.2. The van der Waals surface area contributed by atoms with Gasteiger partial charge in [-0.05, 0) is 88.8 Å². The lowest BCUT2D eigenvalue weighted by atomic mass is 9.93. The topological polar surface area (TPSA) is 80.9 Å². The molecule has 0 spiro atoms. The molecule has 0 aromatic heterocycles. The van der Waals surface area contributed by atoms with E-state index in [1.54, 1.807) is 13.8 Å². The monoisotopic (exact) mass is 388 g/mol. The highest BCUT2D eigenvalue weighted by Crippen LogP contribution is 2.26. The van der Waals surface area contributed by atoms with Crippen LogP contribution in [-0.4, -0.2) is 32.6 Å². The molecule has 0 saturated heterocycles. The predicted molar refractivity (Wildman–Crippen MR) is 115 cm³/mol. The molecular weight excluding hydrogens is 352 g/mol. The number of aryl methyl sites for hydroxylation is 6. The van der Waals surface area contributed by atoms with Gasteiger partial charge in [-0.1, -0.05) is 35.4 Å². The normalized spacial score (nSPS) is 15.3. The van der Waals surface area contributed by atoms with E-state index in [1.165, 1.54) is 11.1 Å². The van der Waals surface area contributed by atoms with Gasteiger partial charge in [0.25, 0.3) is 0 Å². The summed E-state index contributed by atoms with van der Waals surface area (Å²) in [5.41, 5.74) is 8.22. The molecule has 2 aromatic rings. The van der Waals surface area contributed by atoms with E-state index in [4.69, 9.17) is 0 Å². The van der Waals surface area contributed by atoms with Gasteiger partial charge in [-0.15, -0.1) is 0 Å². The number of hydrogen-bond acceptors (Lipinski definition) is 4. The Morgan fingerprint density at radius 1 is 0.500 bits per heavy atom. The third-order valence-electron chi connectivity index (χ3n) is 4.98. The van der Waals surface area contributed by atoms with Crippen molar-refractivity contribution in [1.82, 2.24) is 0 Å². The Morgan fingerprint density at radius 3 is 0.893 bits per heavy atom. The zero-order valence-electron chi connectivity index (χ0n) is 18.4. The van der Waals surface area contributed by atoms with Crippen molar-refractivity contribution < 1.29 is 20.4 Å². The second-order valence-electron chi connectivity index (χ2n) is 8.00. The van der Waals surface area contributed by atoms with Gasteiger partial charge in [0.05, 0.1) is 12.2 Å². The van der Waals surface area contributed by atoms with Crippen LogP contribution in [0.5, 0.6) is 0 Å². The fourth-order valence-electron chi connectivity index (χ4n) is 3.80. The zero-order valence-corrected chi connectivity index (χ0v) is 18.4. The molecule has 4 N–H and O–H groups in total. The standard InChI is InChI=1S/2C12H18O2/c2*1-7-5-8(2)11(9(3)6-7)12(14)10(4)13/h2*5-6,10,12-14H,1-4H3/t2*10-,12+/m10/s1. The Labute approximate surface area is 169 Å². The Kier molecular flexibility index (Phi) is 8.83. The van der Waals surface area contributed by atoms with Crippen LogP contribution in [0.2, 0.25) is 0 Å². The predicted octanol–water partition coefficient (Wildman–Crippen LogP) is 4.05. The maximum atomic E-state index is 9.80. The first-order valence-corrected chi connectivity index (χ1v) is 9.74. The molecule has 2 aromatic carbocycles. The zero-order chi connectivity index (χ0) is 21.8. The van der Waals surface area contributed by atoms with E-state index >= 15 is 0 Å². The van der Waals surface area contributed by atoms with E-state index < -0.39 is 24.4 Å². The molecule has 0 unspecified atom stereocenters. The summed E-state index contributed by atoms with van der Waals surface area (Å²) in [6.07, 6.45) is -3.02. The molecule has 0 radical (unpaired) electrons. The number of rotatable bonds is 4. The lowest BCUT2D eigenvalue weighted by Gasteiger charge is -2.19. The van der Waals surface area contributed by atoms with Gasteiger partial charge in [0, 0.05) is 0 Å². The van der Waals surface area contributed by atoms with E-state index in [9.17, 15) is 20.4 Å². The second-order valence-corrected chi connectivity index (χ2v) is 8.00. The third-order valence-corrected chi connectivity index (χ3v) is 4.98. The lowest BCUT2D eigenvalue weighted by Crippen LogP contribution is -2.16. The summed E-state index contributed by atoms with van der Waals surface area (Å²) in [6, 6.07) is 8.09. The largest absolute Gasteiger partial charge is 0.390 e. The molecule has 0 bridgehead atoms. The van der Waals surface area contributed by atoms with Crippen LogP contribution in [0, 0.1) is 41.5 Å². The van der Waals surface area contributed by atoms with Gasteiger partial charge < -0.3 is 20.4 Å². The first-order valence-electron chi connectivity index (χ1n) is 9.74. The Bertz CT molecular complexity index is 680. The lowest BCUT2D eigenvalue weighted by molar-refractivity contribution is 0.0297. The van der Waals surface area contributed by atoms with Crippen LogP contribution in [0.3, 0.4) is 0 Å². The number of aliphatic hydroxyl groups excluding tert-OH is 4. The van der Waals surface area contributed by atoms with Crippen LogP contribution in [0.1, 0.15) is 70.6 Å². The van der Waals surface area contributed by atoms with Crippen molar-refractivity contribution in [2.45, 2.75) is 79.8 Å². The first kappa shape index (κ1) is 24.3. The van der Waals surface area contributed by atoms with E-state index in [1.807, 2.05) is 65.8 Å². The highest BCUT2D eigenvalue weighted by atomic mass is 16.3. The smallest absolute Gasteiger partial charge is 0.105 e. The summed E-state index contributed by atoms with van der Waals surface area (Å²) in [7, 11) is 0. The van der Waals surface area contributed by atoms with Gasteiger partial charge in [0.1, 0.15) is 12.2 Å². The molecule has 0 saturated carbocycles. The van der Waals surface area contributed by atoms with Gasteiger partial charge in [0.15, 0.2) is 0 Å². The summed E-state index contributed by atoms with van der Waals surface area (Å²) in [5, 5.41) is 38.3. The molecule has 0 heterocycles. The summed E-state index contributed by atoms with van der Waals surface area (Å²) in [6.45, 7) is 15.1. The van der Waals surface area contributed by atoms with E-state index in [2.05, 4.69) is 0 Å². The van der Waals surface area contributed by atoms with Crippen molar-refractivity contribution in [3.63, 3.8) is 0 Å². The average molecular weight is 389 g/mol. The number of hydrogen-bond donors (Lipinski definition) is 4. The van der Waals surface area contributed by atoms with Crippen molar-refractivity contribution in [1.29, 1.82) is 0 Å². The van der Waals surface area contributed by atoms with Gasteiger partial charge >= 0.3 is 0 Å². The molecule has 2 rings (SSSR count). The van der Waals surface area contributed by atoms with Crippen molar-refractivity contribution in [3.8, 4) is 0 Å². The van der Waals surface area contributed by atoms with Crippen molar-refractivity contribution in [2.75, 3.05) is 0 Å². The van der Waals surface area contributed by atoms with Crippen LogP contribution in [0.4, 0.5) is 0 Å². The van der Waals surface area contributed by atoms with Gasteiger partial charge in [0.2, 0.25) is 0 Å². The Balaban J connectivity index is 0.000000280. The molecule has 4 atom stereocenters. The summed E-state index contributed by atoms with van der Waals surface area (Å²) in [4.78, 5) is 0. The maximum absolute atomic E-state index is 9.80. The fraction of sp³-hybridized carbons (Fsp3) is 0.500. The minimum atomic E-state index is -0.782. The quantitative estimate of drug-likeness (QED) is 0.637. The van der Waals surface area contributed by atoms with E-state index in [-0.39, 0.29) is 0 Å². The molecule has 156 valence electrons. The van der Waals surface area contributed by atoms with Crippen molar-refractivity contribution in [3.05, 3.63) is 68.8 Å².